The van der Waals surface area contributed by atoms with Gasteiger partial charge in [0.05, 0.1) is 5.75 Å². The van der Waals surface area contributed by atoms with E-state index in [4.69, 9.17) is 4.43 Å². The highest BCUT2D eigenvalue weighted by Gasteiger charge is 2.38. The highest BCUT2D eigenvalue weighted by molar-refractivity contribution is 8.01. The van der Waals surface area contributed by atoms with Crippen molar-refractivity contribution in [1.29, 1.82) is 0 Å². The Morgan fingerprint density at radius 2 is 2.18 bits per heavy atom. The summed E-state index contributed by atoms with van der Waals surface area (Å²) in [6.45, 7) is 4.27. The lowest BCUT2D eigenvalue weighted by Crippen LogP contribution is -2.46. The van der Waals surface area contributed by atoms with Crippen LogP contribution in [0.1, 0.15) is 13.8 Å². The lowest BCUT2D eigenvalue weighted by Gasteiger charge is -2.31. The number of hydrogen-bond acceptors (Lipinski definition) is 3. The number of rotatable bonds is 2. The Kier molecular flexibility index (Phi) is 3.01. The summed E-state index contributed by atoms with van der Waals surface area (Å²) in [6.07, 6.45) is 0. The molecular weight excluding hydrogens is 176 g/mol. The summed E-state index contributed by atoms with van der Waals surface area (Å²) in [5.41, 5.74) is 0. The Labute approximate surface area is 72.8 Å². The average Bonchev–Trinajstić information content (AvgIpc) is 2.04. The summed E-state index contributed by atoms with van der Waals surface area (Å²) in [6, 6.07) is 2.14. The van der Waals surface area contributed by atoms with Crippen LogP contribution in [0.4, 0.5) is 0 Å². The Morgan fingerprint density at radius 1 is 1.55 bits per heavy atom. The van der Waals surface area contributed by atoms with Gasteiger partial charge in [-0.3, -0.25) is 4.79 Å². The fourth-order valence-electron chi connectivity index (χ4n) is 1.22. The zero-order chi connectivity index (χ0) is 8.32. The second kappa shape index (κ2) is 3.63. The van der Waals surface area contributed by atoms with Gasteiger partial charge in [-0.25, -0.2) is 0 Å². The minimum absolute atomic E-state index is 0.0108. The van der Waals surface area contributed by atoms with Gasteiger partial charge in [0.15, 0.2) is 0 Å². The molecule has 2 nitrogen and oxygen atoms in total. The average molecular weight is 190 g/mol. The molecule has 1 aliphatic rings. The van der Waals surface area contributed by atoms with Crippen LogP contribution in [0.3, 0.4) is 0 Å². The molecule has 0 bridgehead atoms. The van der Waals surface area contributed by atoms with Gasteiger partial charge in [0.1, 0.15) is 0 Å². The van der Waals surface area contributed by atoms with Gasteiger partial charge in [-0.1, -0.05) is 13.8 Å². The predicted molar refractivity (Wildman–Crippen MR) is 50.1 cm³/mol. The van der Waals surface area contributed by atoms with Crippen molar-refractivity contribution in [2.24, 2.45) is 0 Å². The van der Waals surface area contributed by atoms with Gasteiger partial charge in [-0.2, -0.15) is 0 Å². The monoisotopic (exact) mass is 190 g/mol. The molecule has 0 aliphatic carbocycles. The van der Waals surface area contributed by atoms with E-state index in [1.165, 1.54) is 0 Å². The SMILES string of the molecule is CC[Si]1(CC)CSCC(=O)O1. The van der Waals surface area contributed by atoms with Gasteiger partial charge in [0.25, 0.3) is 8.32 Å². The summed E-state index contributed by atoms with van der Waals surface area (Å²) in [5, 5.41) is 1.10. The third kappa shape index (κ3) is 1.99. The maximum Gasteiger partial charge on any atom is 0.302 e. The van der Waals surface area contributed by atoms with Gasteiger partial charge in [0, 0.05) is 5.38 Å². The highest BCUT2D eigenvalue weighted by atomic mass is 32.2. The maximum absolute atomic E-state index is 11.0. The first-order chi connectivity index (χ1) is 5.22. The first-order valence-electron chi connectivity index (χ1n) is 4.02. The summed E-state index contributed by atoms with van der Waals surface area (Å²) in [5.74, 6) is 0.575. The van der Waals surface area contributed by atoms with Crippen molar-refractivity contribution in [2.45, 2.75) is 25.9 Å². The molecule has 0 spiro atoms. The molecule has 1 heterocycles. The fraction of sp³-hybridized carbons (Fsp3) is 0.857. The second-order valence-electron chi connectivity index (χ2n) is 2.86. The van der Waals surface area contributed by atoms with Crippen LogP contribution < -0.4 is 0 Å². The van der Waals surface area contributed by atoms with Crippen LogP contribution in [-0.4, -0.2) is 25.4 Å². The van der Waals surface area contributed by atoms with Crippen LogP contribution in [0.5, 0.6) is 0 Å². The fourth-order valence-corrected chi connectivity index (χ4v) is 6.66. The van der Waals surface area contributed by atoms with Crippen molar-refractivity contribution in [3.05, 3.63) is 0 Å². The van der Waals surface area contributed by atoms with E-state index in [1.807, 2.05) is 0 Å². The van der Waals surface area contributed by atoms with Gasteiger partial charge < -0.3 is 4.43 Å². The van der Waals surface area contributed by atoms with Gasteiger partial charge >= 0.3 is 5.97 Å². The van der Waals surface area contributed by atoms with Crippen molar-refractivity contribution in [2.75, 3.05) is 11.1 Å². The van der Waals surface area contributed by atoms with Crippen LogP contribution in [0.25, 0.3) is 0 Å². The van der Waals surface area contributed by atoms with Crippen LogP contribution in [0.2, 0.25) is 12.1 Å². The third-order valence-corrected chi connectivity index (χ3v) is 8.80. The second-order valence-corrected chi connectivity index (χ2v) is 8.69. The topological polar surface area (TPSA) is 26.3 Å². The Balaban J connectivity index is 2.59. The van der Waals surface area contributed by atoms with E-state index in [1.54, 1.807) is 11.8 Å². The van der Waals surface area contributed by atoms with Crippen molar-refractivity contribution < 1.29 is 9.22 Å². The largest absolute Gasteiger partial charge is 0.518 e. The van der Waals surface area contributed by atoms with Crippen LogP contribution in [0, 0.1) is 0 Å². The number of carbonyl (C=O) groups excluding carboxylic acids is 1. The van der Waals surface area contributed by atoms with Crippen LogP contribution in [-0.2, 0) is 9.22 Å². The molecule has 0 aromatic rings. The first-order valence-corrected chi connectivity index (χ1v) is 7.70. The summed E-state index contributed by atoms with van der Waals surface area (Å²) in [4.78, 5) is 11.0. The minimum Gasteiger partial charge on any atom is -0.518 e. The molecule has 1 aliphatic heterocycles. The summed E-state index contributed by atoms with van der Waals surface area (Å²) < 4.78 is 5.45. The number of carbonyl (C=O) groups is 1. The Hall–Kier alpha value is 0.0369. The lowest BCUT2D eigenvalue weighted by molar-refractivity contribution is -0.132. The molecule has 0 amide bonds. The molecule has 0 N–H and O–H groups in total. The molecule has 1 saturated heterocycles. The highest BCUT2D eigenvalue weighted by Crippen LogP contribution is 2.26. The maximum atomic E-state index is 11.0. The van der Waals surface area contributed by atoms with Crippen LogP contribution in [0.15, 0.2) is 0 Å². The smallest absolute Gasteiger partial charge is 0.302 e. The van der Waals surface area contributed by atoms with Gasteiger partial charge in [-0.15, -0.1) is 11.8 Å². The summed E-state index contributed by atoms with van der Waals surface area (Å²) in [7, 11) is -1.58. The Bertz CT molecular complexity index is 157. The number of hydrogen-bond donors (Lipinski definition) is 0. The molecule has 0 unspecified atom stereocenters. The van der Waals surface area contributed by atoms with Gasteiger partial charge in [-0.05, 0) is 12.1 Å². The Morgan fingerprint density at radius 3 is 2.55 bits per heavy atom. The number of thioether (sulfide) groups is 1. The van der Waals surface area contributed by atoms with Gasteiger partial charge in [0.2, 0.25) is 0 Å². The van der Waals surface area contributed by atoms with Crippen molar-refractivity contribution >= 4 is 26.0 Å². The zero-order valence-corrected chi connectivity index (χ0v) is 8.87. The van der Waals surface area contributed by atoms with Crippen LogP contribution >= 0.6 is 11.8 Å². The lowest BCUT2D eigenvalue weighted by atomic mass is 10.8. The molecule has 0 saturated carbocycles. The predicted octanol–water partition coefficient (Wildman–Crippen LogP) is 1.80. The molecular formula is C7H14O2SSi. The van der Waals surface area contributed by atoms with E-state index >= 15 is 0 Å². The van der Waals surface area contributed by atoms with E-state index < -0.39 is 8.32 Å². The molecule has 64 valence electrons. The zero-order valence-electron chi connectivity index (χ0n) is 7.05. The summed E-state index contributed by atoms with van der Waals surface area (Å²) >= 11 is 1.75. The molecule has 0 atom stereocenters. The molecule has 0 aromatic carbocycles. The standard InChI is InChI=1S/C7H14O2SSi/c1-3-11(4-2)6-10-5-7(8)9-11/h3-6H2,1-2H3. The van der Waals surface area contributed by atoms with E-state index in [0.717, 1.165) is 17.5 Å². The molecule has 1 fully saturated rings. The van der Waals surface area contributed by atoms with Crippen molar-refractivity contribution in [1.82, 2.24) is 0 Å². The minimum atomic E-state index is -1.58. The molecule has 4 heteroatoms. The molecule has 0 radical (unpaired) electrons. The molecule has 11 heavy (non-hydrogen) atoms. The first kappa shape index (κ1) is 9.13. The van der Waals surface area contributed by atoms with E-state index in [9.17, 15) is 4.79 Å². The molecule has 0 aromatic heterocycles. The molecule has 1 rings (SSSR count). The normalized spacial score (nSPS) is 22.9. The van der Waals surface area contributed by atoms with Crippen molar-refractivity contribution in [3.63, 3.8) is 0 Å². The van der Waals surface area contributed by atoms with E-state index in [2.05, 4.69) is 13.8 Å². The van der Waals surface area contributed by atoms with E-state index in [-0.39, 0.29) is 5.97 Å². The quantitative estimate of drug-likeness (QED) is 0.621. The van der Waals surface area contributed by atoms with Crippen molar-refractivity contribution in [3.8, 4) is 0 Å². The third-order valence-electron chi connectivity index (χ3n) is 2.20. The van der Waals surface area contributed by atoms with E-state index in [0.29, 0.717) is 5.75 Å².